The van der Waals surface area contributed by atoms with Gasteiger partial charge in [-0.1, -0.05) is 22.9 Å². The zero-order chi connectivity index (χ0) is 16.8. The van der Waals surface area contributed by atoms with Crippen molar-refractivity contribution in [2.75, 3.05) is 17.2 Å². The number of ether oxygens (including phenoxy) is 1. The summed E-state index contributed by atoms with van der Waals surface area (Å²) in [6.45, 7) is 3.76. The first kappa shape index (κ1) is 16.8. The molecule has 0 aliphatic rings. The van der Waals surface area contributed by atoms with Gasteiger partial charge in [0.1, 0.15) is 6.54 Å². The first-order valence-corrected chi connectivity index (χ1v) is 7.25. The van der Waals surface area contributed by atoms with E-state index in [0.717, 1.165) is 5.56 Å². The molecule has 0 saturated heterocycles. The van der Waals surface area contributed by atoms with Gasteiger partial charge in [-0.15, -0.1) is 5.10 Å². The Morgan fingerprint density at radius 1 is 1.35 bits per heavy atom. The van der Waals surface area contributed by atoms with Crippen LogP contribution in [0.25, 0.3) is 0 Å². The van der Waals surface area contributed by atoms with E-state index in [1.807, 2.05) is 13.0 Å². The van der Waals surface area contributed by atoms with Crippen molar-refractivity contribution in [2.45, 2.75) is 20.4 Å². The normalized spacial score (nSPS) is 10.2. The quantitative estimate of drug-likeness (QED) is 0.873. The van der Waals surface area contributed by atoms with Gasteiger partial charge in [0.15, 0.2) is 5.82 Å². The molecule has 1 heterocycles. The first-order chi connectivity index (χ1) is 11.0. The Kier molecular flexibility index (Phi) is 5.53. The Morgan fingerprint density at radius 2 is 2.13 bits per heavy atom. The molecule has 0 bridgehead atoms. The molecule has 9 heteroatoms. The maximum atomic E-state index is 12.0. The number of carbonyl (C=O) groups excluding carboxylic acids is 2. The summed E-state index contributed by atoms with van der Waals surface area (Å²) in [4.78, 5) is 23.3. The van der Waals surface area contributed by atoms with Crippen LogP contribution < -0.4 is 10.6 Å². The molecule has 0 radical (unpaired) electrons. The number of halogens is 1. The molecule has 1 aromatic carbocycles. The van der Waals surface area contributed by atoms with Crippen LogP contribution in [-0.4, -0.2) is 33.6 Å². The fourth-order valence-electron chi connectivity index (χ4n) is 1.77. The molecule has 2 amide bonds. The van der Waals surface area contributed by atoms with E-state index in [4.69, 9.17) is 16.3 Å². The maximum absolute atomic E-state index is 12.0. The highest BCUT2D eigenvalue weighted by Crippen LogP contribution is 2.20. The number of rotatable bonds is 5. The molecule has 0 aliphatic carbocycles. The summed E-state index contributed by atoms with van der Waals surface area (Å²) in [5.41, 5.74) is 1.53. The molecule has 2 rings (SSSR count). The minimum atomic E-state index is -0.626. The summed E-state index contributed by atoms with van der Waals surface area (Å²) < 4.78 is 6.02. The van der Waals surface area contributed by atoms with Crippen LogP contribution >= 0.6 is 11.6 Å². The highest BCUT2D eigenvalue weighted by atomic mass is 35.5. The fraction of sp³-hybridized carbons (Fsp3) is 0.286. The van der Waals surface area contributed by atoms with Gasteiger partial charge < -0.3 is 10.1 Å². The fourth-order valence-corrected chi connectivity index (χ4v) is 1.94. The first-order valence-electron chi connectivity index (χ1n) is 6.88. The molecule has 0 saturated carbocycles. The van der Waals surface area contributed by atoms with E-state index in [1.54, 1.807) is 19.1 Å². The lowest BCUT2D eigenvalue weighted by Crippen LogP contribution is -2.19. The Hall–Kier alpha value is -2.61. The van der Waals surface area contributed by atoms with Gasteiger partial charge in [-0.3, -0.25) is 10.1 Å². The predicted octanol–water partition coefficient (Wildman–Crippen LogP) is 2.45. The predicted molar refractivity (Wildman–Crippen MR) is 85.5 cm³/mol. The van der Waals surface area contributed by atoms with Crippen LogP contribution in [0.4, 0.5) is 16.3 Å². The third kappa shape index (κ3) is 4.96. The number of hydrogen-bond acceptors (Lipinski definition) is 5. The van der Waals surface area contributed by atoms with Crippen molar-refractivity contribution in [3.05, 3.63) is 35.0 Å². The smallest absolute Gasteiger partial charge is 0.412 e. The lowest BCUT2D eigenvalue weighted by molar-refractivity contribution is -0.116. The highest BCUT2D eigenvalue weighted by molar-refractivity contribution is 6.31. The zero-order valence-electron chi connectivity index (χ0n) is 12.7. The molecule has 23 heavy (non-hydrogen) atoms. The number of amides is 2. The van der Waals surface area contributed by atoms with Crippen molar-refractivity contribution >= 4 is 35.1 Å². The van der Waals surface area contributed by atoms with Crippen molar-refractivity contribution in [1.29, 1.82) is 0 Å². The lowest BCUT2D eigenvalue weighted by atomic mass is 10.2. The number of nitrogens with zero attached hydrogens (tertiary/aromatic N) is 3. The van der Waals surface area contributed by atoms with Crippen molar-refractivity contribution in [3.8, 4) is 0 Å². The van der Waals surface area contributed by atoms with Gasteiger partial charge in [0.05, 0.1) is 12.8 Å². The number of aryl methyl sites for hydroxylation is 1. The molecule has 2 N–H and O–H groups in total. The number of hydrogen-bond donors (Lipinski definition) is 2. The Bertz CT molecular complexity index is 716. The van der Waals surface area contributed by atoms with Gasteiger partial charge in [0.2, 0.25) is 5.91 Å². The third-order valence-electron chi connectivity index (χ3n) is 2.82. The minimum absolute atomic E-state index is 0.0521. The van der Waals surface area contributed by atoms with E-state index in [-0.39, 0.29) is 24.9 Å². The molecule has 0 fully saturated rings. The molecular weight excluding hydrogens is 322 g/mol. The molecule has 8 nitrogen and oxygen atoms in total. The Balaban J connectivity index is 1.94. The van der Waals surface area contributed by atoms with Crippen LogP contribution in [0.3, 0.4) is 0 Å². The van der Waals surface area contributed by atoms with E-state index in [1.165, 1.54) is 10.9 Å². The molecule has 122 valence electrons. The summed E-state index contributed by atoms with van der Waals surface area (Å²) in [5.74, 6) is -0.0851. The summed E-state index contributed by atoms with van der Waals surface area (Å²) in [5, 5.41) is 13.2. The average molecular weight is 338 g/mol. The summed E-state index contributed by atoms with van der Waals surface area (Å²) in [6, 6.07) is 5.23. The Morgan fingerprint density at radius 3 is 2.87 bits per heavy atom. The molecule has 2 aromatic rings. The van der Waals surface area contributed by atoms with Gasteiger partial charge in [-0.25, -0.2) is 9.48 Å². The number of carbonyl (C=O) groups is 2. The van der Waals surface area contributed by atoms with Crippen LogP contribution in [0.2, 0.25) is 5.02 Å². The van der Waals surface area contributed by atoms with Gasteiger partial charge in [-0.2, -0.15) is 0 Å². The van der Waals surface area contributed by atoms with Crippen LogP contribution in [-0.2, 0) is 16.1 Å². The minimum Gasteiger partial charge on any atom is -0.450 e. The second-order valence-electron chi connectivity index (χ2n) is 4.65. The van der Waals surface area contributed by atoms with Crippen LogP contribution in [0.5, 0.6) is 0 Å². The van der Waals surface area contributed by atoms with E-state index >= 15 is 0 Å². The van der Waals surface area contributed by atoms with Crippen molar-refractivity contribution in [3.63, 3.8) is 0 Å². The summed E-state index contributed by atoms with van der Waals surface area (Å²) >= 11 is 5.91. The largest absolute Gasteiger partial charge is 0.450 e. The van der Waals surface area contributed by atoms with E-state index in [9.17, 15) is 9.59 Å². The molecule has 1 aromatic heterocycles. The topological polar surface area (TPSA) is 98.1 Å². The van der Waals surface area contributed by atoms with Gasteiger partial charge in [-0.05, 0) is 31.5 Å². The third-order valence-corrected chi connectivity index (χ3v) is 3.06. The van der Waals surface area contributed by atoms with E-state index < -0.39 is 6.09 Å². The summed E-state index contributed by atoms with van der Waals surface area (Å²) in [6.07, 6.45) is 0.806. The average Bonchev–Trinajstić information content (AvgIpc) is 2.90. The Labute approximate surface area is 137 Å². The standard InChI is InChI=1S/C14H16ClN5O3/c1-3-23-14(22)17-12-7-20(19-18-12)8-13(21)16-11-6-10(15)5-4-9(11)2/h4-7H,3,8H2,1-2H3,(H,16,21)(H,17,22). The van der Waals surface area contributed by atoms with Gasteiger partial charge in [0, 0.05) is 10.7 Å². The molecular formula is C14H16ClN5O3. The van der Waals surface area contributed by atoms with Crippen molar-refractivity contribution in [1.82, 2.24) is 15.0 Å². The summed E-state index contributed by atoms with van der Waals surface area (Å²) in [7, 11) is 0. The number of nitrogens with one attached hydrogen (secondary N) is 2. The van der Waals surface area contributed by atoms with Gasteiger partial charge in [0.25, 0.3) is 0 Å². The highest BCUT2D eigenvalue weighted by Gasteiger charge is 2.10. The molecule has 0 aliphatic heterocycles. The zero-order valence-corrected chi connectivity index (χ0v) is 13.4. The molecule has 0 spiro atoms. The SMILES string of the molecule is CCOC(=O)Nc1cn(CC(=O)Nc2cc(Cl)ccc2C)nn1. The lowest BCUT2D eigenvalue weighted by Gasteiger charge is -2.08. The van der Waals surface area contributed by atoms with Crippen LogP contribution in [0.15, 0.2) is 24.4 Å². The molecule has 0 atom stereocenters. The molecule has 0 unspecified atom stereocenters. The number of benzene rings is 1. The second-order valence-corrected chi connectivity index (χ2v) is 5.09. The number of anilines is 2. The van der Waals surface area contributed by atoms with E-state index in [0.29, 0.717) is 10.7 Å². The second kappa shape index (κ2) is 7.59. The maximum Gasteiger partial charge on any atom is 0.412 e. The van der Waals surface area contributed by atoms with Crippen molar-refractivity contribution < 1.29 is 14.3 Å². The van der Waals surface area contributed by atoms with E-state index in [2.05, 4.69) is 20.9 Å². The monoisotopic (exact) mass is 337 g/mol. The van der Waals surface area contributed by atoms with Crippen LogP contribution in [0, 0.1) is 6.92 Å². The van der Waals surface area contributed by atoms with Crippen molar-refractivity contribution in [2.24, 2.45) is 0 Å². The number of aromatic nitrogens is 3. The van der Waals surface area contributed by atoms with Gasteiger partial charge >= 0.3 is 6.09 Å². The van der Waals surface area contributed by atoms with Crippen LogP contribution in [0.1, 0.15) is 12.5 Å².